The summed E-state index contributed by atoms with van der Waals surface area (Å²) in [6.07, 6.45) is 2.57. The molecule has 0 atom stereocenters. The van der Waals surface area contributed by atoms with Crippen LogP contribution in [0.1, 0.15) is 12.0 Å². The number of hydrogen-bond donors (Lipinski definition) is 2. The van der Waals surface area contributed by atoms with Crippen LogP contribution < -0.4 is 10.7 Å². The molecule has 6 heteroatoms. The quantitative estimate of drug-likeness (QED) is 0.347. The maximum atomic E-state index is 12.6. The standard InChI is InChI=1S/C13H14FN3O2/c1-2-7-15-12(18)8-13(19)17-16-9-10-3-5-11(14)6-4-10/h2-6,9H,1,7-8H2,(H,15,18)(H,17,19)/b16-9+. The lowest BCUT2D eigenvalue weighted by atomic mass is 10.2. The van der Waals surface area contributed by atoms with Gasteiger partial charge in [-0.3, -0.25) is 9.59 Å². The highest BCUT2D eigenvalue weighted by molar-refractivity contribution is 5.97. The summed E-state index contributed by atoms with van der Waals surface area (Å²) >= 11 is 0. The third-order valence-corrected chi connectivity index (χ3v) is 2.04. The van der Waals surface area contributed by atoms with Crippen LogP contribution in [0.4, 0.5) is 4.39 Å². The average Bonchev–Trinajstić information content (AvgIpc) is 2.38. The first-order valence-corrected chi connectivity index (χ1v) is 5.57. The van der Waals surface area contributed by atoms with E-state index in [1.54, 1.807) is 0 Å². The Morgan fingerprint density at radius 2 is 1.95 bits per heavy atom. The van der Waals surface area contributed by atoms with Gasteiger partial charge in [-0.2, -0.15) is 5.10 Å². The number of carbonyl (C=O) groups is 2. The van der Waals surface area contributed by atoms with Crippen LogP contribution in [0.2, 0.25) is 0 Å². The Kier molecular flexibility index (Phi) is 5.94. The summed E-state index contributed by atoms with van der Waals surface area (Å²) in [5, 5.41) is 6.12. The van der Waals surface area contributed by atoms with Crippen LogP contribution in [0, 0.1) is 5.82 Å². The summed E-state index contributed by atoms with van der Waals surface area (Å²) < 4.78 is 12.6. The third kappa shape index (κ3) is 6.11. The minimum absolute atomic E-state index is 0.310. The molecule has 2 N–H and O–H groups in total. The van der Waals surface area contributed by atoms with Crippen molar-refractivity contribution in [2.45, 2.75) is 6.42 Å². The highest BCUT2D eigenvalue weighted by Crippen LogP contribution is 1.99. The normalized spacial score (nSPS) is 10.2. The van der Waals surface area contributed by atoms with E-state index in [1.807, 2.05) is 0 Å². The van der Waals surface area contributed by atoms with E-state index >= 15 is 0 Å². The van der Waals surface area contributed by atoms with E-state index < -0.39 is 11.8 Å². The van der Waals surface area contributed by atoms with E-state index in [0.717, 1.165) is 0 Å². The van der Waals surface area contributed by atoms with Crippen molar-refractivity contribution < 1.29 is 14.0 Å². The van der Waals surface area contributed by atoms with Crippen molar-refractivity contribution in [3.63, 3.8) is 0 Å². The zero-order chi connectivity index (χ0) is 14.1. The van der Waals surface area contributed by atoms with E-state index in [1.165, 1.54) is 36.6 Å². The fourth-order valence-corrected chi connectivity index (χ4v) is 1.16. The molecule has 0 heterocycles. The van der Waals surface area contributed by atoms with Crippen molar-refractivity contribution >= 4 is 18.0 Å². The second-order valence-corrected chi connectivity index (χ2v) is 3.61. The van der Waals surface area contributed by atoms with Gasteiger partial charge in [0.15, 0.2) is 0 Å². The second kappa shape index (κ2) is 7.75. The summed E-state index contributed by atoms with van der Waals surface area (Å²) in [6.45, 7) is 3.75. The average molecular weight is 263 g/mol. The first kappa shape index (κ1) is 14.6. The molecule has 0 fully saturated rings. The molecule has 0 radical (unpaired) electrons. The monoisotopic (exact) mass is 263 g/mol. The van der Waals surface area contributed by atoms with Gasteiger partial charge in [0.25, 0.3) is 0 Å². The number of rotatable bonds is 6. The molecular formula is C13H14FN3O2. The SMILES string of the molecule is C=CCNC(=O)CC(=O)N/N=C/c1ccc(F)cc1. The smallest absolute Gasteiger partial charge is 0.249 e. The lowest BCUT2D eigenvalue weighted by molar-refractivity contribution is -0.129. The van der Waals surface area contributed by atoms with Crippen LogP contribution in [-0.4, -0.2) is 24.6 Å². The van der Waals surface area contributed by atoms with Crippen LogP contribution >= 0.6 is 0 Å². The van der Waals surface area contributed by atoms with Crippen molar-refractivity contribution in [1.29, 1.82) is 0 Å². The molecule has 0 saturated carbocycles. The molecule has 0 spiro atoms. The van der Waals surface area contributed by atoms with Gasteiger partial charge in [0.05, 0.1) is 6.21 Å². The number of nitrogens with one attached hydrogen (secondary N) is 2. The van der Waals surface area contributed by atoms with Gasteiger partial charge in [-0.1, -0.05) is 18.2 Å². The Hall–Kier alpha value is -2.50. The molecule has 0 aliphatic heterocycles. The molecule has 0 aliphatic rings. The van der Waals surface area contributed by atoms with E-state index in [9.17, 15) is 14.0 Å². The van der Waals surface area contributed by atoms with Crippen LogP contribution in [0.5, 0.6) is 0 Å². The Balaban J connectivity index is 2.35. The molecule has 1 rings (SSSR count). The Labute approximate surface area is 110 Å². The van der Waals surface area contributed by atoms with E-state index in [-0.39, 0.29) is 12.2 Å². The largest absolute Gasteiger partial charge is 0.352 e. The number of hydrazone groups is 1. The van der Waals surface area contributed by atoms with Crippen molar-refractivity contribution in [2.24, 2.45) is 5.10 Å². The van der Waals surface area contributed by atoms with Gasteiger partial charge in [-0.15, -0.1) is 6.58 Å². The maximum absolute atomic E-state index is 12.6. The molecule has 0 saturated heterocycles. The zero-order valence-electron chi connectivity index (χ0n) is 10.2. The Morgan fingerprint density at radius 3 is 2.58 bits per heavy atom. The first-order valence-electron chi connectivity index (χ1n) is 5.57. The lowest BCUT2D eigenvalue weighted by Crippen LogP contribution is -2.29. The molecule has 0 aromatic heterocycles. The predicted molar refractivity (Wildman–Crippen MR) is 70.0 cm³/mol. The van der Waals surface area contributed by atoms with Gasteiger partial charge in [-0.25, -0.2) is 9.82 Å². The van der Waals surface area contributed by atoms with Crippen molar-refractivity contribution in [3.8, 4) is 0 Å². The number of halogens is 1. The van der Waals surface area contributed by atoms with Crippen molar-refractivity contribution in [3.05, 3.63) is 48.3 Å². The predicted octanol–water partition coefficient (Wildman–Crippen LogP) is 0.968. The summed E-state index contributed by atoms with van der Waals surface area (Å²) in [5.74, 6) is -1.28. The van der Waals surface area contributed by atoms with Gasteiger partial charge in [-0.05, 0) is 17.7 Å². The molecule has 2 amide bonds. The van der Waals surface area contributed by atoms with E-state index in [4.69, 9.17) is 0 Å². The van der Waals surface area contributed by atoms with Gasteiger partial charge >= 0.3 is 0 Å². The van der Waals surface area contributed by atoms with Crippen LogP contribution in [0.15, 0.2) is 42.0 Å². The molecule has 1 aromatic carbocycles. The molecule has 5 nitrogen and oxygen atoms in total. The summed E-state index contributed by atoms with van der Waals surface area (Å²) in [5.41, 5.74) is 2.84. The number of benzene rings is 1. The molecule has 100 valence electrons. The van der Waals surface area contributed by atoms with Crippen molar-refractivity contribution in [1.82, 2.24) is 10.7 Å². The van der Waals surface area contributed by atoms with Crippen LogP contribution in [0.3, 0.4) is 0 Å². The highest BCUT2D eigenvalue weighted by Gasteiger charge is 2.06. The molecule has 0 aliphatic carbocycles. The number of carbonyl (C=O) groups excluding carboxylic acids is 2. The second-order valence-electron chi connectivity index (χ2n) is 3.61. The molecule has 0 unspecified atom stereocenters. The van der Waals surface area contributed by atoms with Gasteiger partial charge in [0.2, 0.25) is 11.8 Å². The number of nitrogens with zero attached hydrogens (tertiary/aromatic N) is 1. The van der Waals surface area contributed by atoms with Gasteiger partial charge in [0.1, 0.15) is 12.2 Å². The van der Waals surface area contributed by atoms with Gasteiger partial charge in [0, 0.05) is 6.54 Å². The number of amides is 2. The fourth-order valence-electron chi connectivity index (χ4n) is 1.16. The summed E-state index contributed by atoms with van der Waals surface area (Å²) in [4.78, 5) is 22.5. The van der Waals surface area contributed by atoms with E-state index in [0.29, 0.717) is 12.1 Å². The zero-order valence-corrected chi connectivity index (χ0v) is 10.2. The van der Waals surface area contributed by atoms with Crippen molar-refractivity contribution in [2.75, 3.05) is 6.54 Å². The molecule has 19 heavy (non-hydrogen) atoms. The number of hydrogen-bond acceptors (Lipinski definition) is 3. The van der Waals surface area contributed by atoms with E-state index in [2.05, 4.69) is 22.4 Å². The third-order valence-electron chi connectivity index (χ3n) is 2.04. The Bertz CT molecular complexity index is 483. The molecular weight excluding hydrogens is 249 g/mol. The first-order chi connectivity index (χ1) is 9.11. The molecule has 0 bridgehead atoms. The minimum atomic E-state index is -0.528. The highest BCUT2D eigenvalue weighted by atomic mass is 19.1. The molecule has 1 aromatic rings. The van der Waals surface area contributed by atoms with Crippen LogP contribution in [0.25, 0.3) is 0 Å². The van der Waals surface area contributed by atoms with Crippen LogP contribution in [-0.2, 0) is 9.59 Å². The lowest BCUT2D eigenvalue weighted by Gasteiger charge is -2.00. The fraction of sp³-hybridized carbons (Fsp3) is 0.154. The summed E-state index contributed by atoms with van der Waals surface area (Å²) in [6, 6.07) is 5.60. The topological polar surface area (TPSA) is 70.6 Å². The van der Waals surface area contributed by atoms with Gasteiger partial charge < -0.3 is 5.32 Å². The Morgan fingerprint density at radius 1 is 1.26 bits per heavy atom. The maximum Gasteiger partial charge on any atom is 0.249 e. The summed E-state index contributed by atoms with van der Waals surface area (Å²) in [7, 11) is 0. The minimum Gasteiger partial charge on any atom is -0.352 e.